The molecule has 0 radical (unpaired) electrons. The van der Waals surface area contributed by atoms with E-state index in [1.807, 2.05) is 62.4 Å². The molecule has 0 heterocycles. The zero-order chi connectivity index (χ0) is 22.9. The van der Waals surface area contributed by atoms with E-state index in [4.69, 9.17) is 14.8 Å². The van der Waals surface area contributed by atoms with Gasteiger partial charge in [0.15, 0.2) is 0 Å². The van der Waals surface area contributed by atoms with Gasteiger partial charge in [-0.15, -0.1) is 0 Å². The first-order valence-corrected chi connectivity index (χ1v) is 10.6. The third-order valence-electron chi connectivity index (χ3n) is 5.05. The Labute approximate surface area is 189 Å². The van der Waals surface area contributed by atoms with E-state index in [-0.39, 0.29) is 5.56 Å². The average Bonchev–Trinajstić information content (AvgIpc) is 2.82. The van der Waals surface area contributed by atoms with E-state index in [2.05, 4.69) is 24.0 Å². The molecule has 0 atom stereocenters. The van der Waals surface area contributed by atoms with Crippen LogP contribution in [0.5, 0.6) is 5.75 Å². The summed E-state index contributed by atoms with van der Waals surface area (Å²) < 4.78 is 6.00. The molecule has 0 aliphatic rings. The van der Waals surface area contributed by atoms with Crippen molar-refractivity contribution in [2.45, 2.75) is 27.4 Å². The molecule has 32 heavy (non-hydrogen) atoms. The Balaban J connectivity index is 1.79. The number of carboxylic acids is 1. The van der Waals surface area contributed by atoms with E-state index >= 15 is 0 Å². The van der Waals surface area contributed by atoms with Gasteiger partial charge in [-0.2, -0.15) is 0 Å². The highest BCUT2D eigenvalue weighted by atomic mass is 16.5. The lowest BCUT2D eigenvalue weighted by atomic mass is 10.1. The van der Waals surface area contributed by atoms with Crippen LogP contribution >= 0.6 is 0 Å². The lowest BCUT2D eigenvalue weighted by Crippen LogP contribution is -2.27. The number of benzene rings is 3. The van der Waals surface area contributed by atoms with Crippen molar-refractivity contribution in [3.63, 3.8) is 0 Å². The van der Waals surface area contributed by atoms with Crippen molar-refractivity contribution in [1.82, 2.24) is 4.90 Å². The van der Waals surface area contributed by atoms with Gasteiger partial charge in [0.2, 0.25) is 0 Å². The third kappa shape index (κ3) is 5.85. The van der Waals surface area contributed by atoms with E-state index < -0.39 is 5.97 Å². The summed E-state index contributed by atoms with van der Waals surface area (Å²) in [5.41, 5.74) is 4.14. The molecule has 164 valence electrons. The zero-order valence-electron chi connectivity index (χ0n) is 18.7. The minimum Gasteiger partial charge on any atom is -0.489 e. The number of hydrogen-bond acceptors (Lipinski definition) is 3. The van der Waals surface area contributed by atoms with Crippen LogP contribution in [0.25, 0.3) is 5.70 Å². The van der Waals surface area contributed by atoms with E-state index in [1.165, 1.54) is 0 Å². The summed E-state index contributed by atoms with van der Waals surface area (Å²) in [6.45, 7) is 7.28. The molecule has 0 spiro atoms. The maximum atomic E-state index is 11.1. The molecule has 0 amide bonds. The Morgan fingerprint density at radius 3 is 2.34 bits per heavy atom. The van der Waals surface area contributed by atoms with Crippen LogP contribution in [0.4, 0.5) is 5.69 Å². The van der Waals surface area contributed by atoms with Crippen LogP contribution in [0, 0.1) is 0 Å². The molecule has 1 N–H and O–H groups in total. The van der Waals surface area contributed by atoms with Gasteiger partial charge < -0.3 is 14.7 Å². The number of ether oxygens (including phenoxy) is 1. The summed E-state index contributed by atoms with van der Waals surface area (Å²) in [6, 6.07) is 24.7. The standard InChI is InChI=1S/C27H28N2O3/c1-4-26(23-12-9-13-25(18-23)32-19-21-10-7-6-8-11-21)29(5-2)20(3)28-24-16-14-22(15-17-24)27(30)31/h4,6-18H,5,19H2,1-3H3,(H,30,31)/b26-4-,28-20?. The molecule has 3 aromatic rings. The monoisotopic (exact) mass is 428 g/mol. The molecule has 0 fully saturated rings. The van der Waals surface area contributed by atoms with Crippen LogP contribution in [0.2, 0.25) is 0 Å². The van der Waals surface area contributed by atoms with Crippen LogP contribution in [-0.4, -0.2) is 28.4 Å². The number of allylic oxidation sites excluding steroid dienone is 1. The molecule has 0 aromatic heterocycles. The number of aliphatic imine (C=N–C) groups is 1. The highest BCUT2D eigenvalue weighted by Crippen LogP contribution is 2.25. The predicted octanol–water partition coefficient (Wildman–Crippen LogP) is 6.40. The molecule has 0 bridgehead atoms. The number of hydrogen-bond donors (Lipinski definition) is 1. The number of aromatic carboxylic acids is 1. The summed E-state index contributed by atoms with van der Waals surface area (Å²) in [5, 5.41) is 9.08. The Morgan fingerprint density at radius 2 is 1.72 bits per heavy atom. The summed E-state index contributed by atoms with van der Waals surface area (Å²) in [5.74, 6) is 0.679. The number of carboxylic acid groups (broad SMARTS) is 1. The average molecular weight is 429 g/mol. The fourth-order valence-corrected chi connectivity index (χ4v) is 3.46. The molecule has 3 aromatic carbocycles. The lowest BCUT2D eigenvalue weighted by Gasteiger charge is -2.26. The third-order valence-corrected chi connectivity index (χ3v) is 5.05. The molecule has 5 nitrogen and oxygen atoms in total. The second-order valence-electron chi connectivity index (χ2n) is 7.23. The smallest absolute Gasteiger partial charge is 0.335 e. The van der Waals surface area contributed by atoms with Crippen molar-refractivity contribution in [3.05, 3.63) is 102 Å². The molecule has 0 unspecified atom stereocenters. The molecule has 0 aliphatic heterocycles. The minimum atomic E-state index is -0.946. The molecule has 3 rings (SSSR count). The highest BCUT2D eigenvalue weighted by molar-refractivity contribution is 5.91. The normalized spacial score (nSPS) is 11.8. The first-order valence-electron chi connectivity index (χ1n) is 10.6. The molecule has 0 saturated carbocycles. The Hall–Kier alpha value is -3.86. The van der Waals surface area contributed by atoms with Crippen molar-refractivity contribution in [3.8, 4) is 5.75 Å². The second kappa shape index (κ2) is 11.0. The van der Waals surface area contributed by atoms with Crippen molar-refractivity contribution in [1.29, 1.82) is 0 Å². The second-order valence-corrected chi connectivity index (χ2v) is 7.23. The quantitative estimate of drug-likeness (QED) is 0.333. The molecule has 5 heteroatoms. The zero-order valence-corrected chi connectivity index (χ0v) is 18.7. The fourth-order valence-electron chi connectivity index (χ4n) is 3.46. The molecule has 0 saturated heterocycles. The minimum absolute atomic E-state index is 0.246. The number of rotatable bonds is 8. The largest absolute Gasteiger partial charge is 0.489 e. The lowest BCUT2D eigenvalue weighted by molar-refractivity contribution is 0.0697. The Bertz CT molecular complexity index is 1100. The summed E-state index contributed by atoms with van der Waals surface area (Å²) in [6.07, 6.45) is 2.06. The Kier molecular flexibility index (Phi) is 7.81. The van der Waals surface area contributed by atoms with Gasteiger partial charge in [0.25, 0.3) is 0 Å². The predicted molar refractivity (Wildman–Crippen MR) is 129 cm³/mol. The van der Waals surface area contributed by atoms with Gasteiger partial charge in [-0.1, -0.05) is 48.5 Å². The van der Waals surface area contributed by atoms with Gasteiger partial charge in [-0.25, -0.2) is 9.79 Å². The Morgan fingerprint density at radius 1 is 1.00 bits per heavy atom. The number of nitrogens with zero attached hydrogens (tertiary/aromatic N) is 2. The van der Waals surface area contributed by atoms with Gasteiger partial charge in [0.05, 0.1) is 11.3 Å². The maximum Gasteiger partial charge on any atom is 0.335 e. The van der Waals surface area contributed by atoms with Crippen molar-refractivity contribution >= 4 is 23.2 Å². The van der Waals surface area contributed by atoms with Gasteiger partial charge in [-0.3, -0.25) is 0 Å². The first kappa shape index (κ1) is 22.8. The summed E-state index contributed by atoms with van der Waals surface area (Å²) >= 11 is 0. The number of amidine groups is 1. The van der Waals surface area contributed by atoms with Gasteiger partial charge in [0.1, 0.15) is 18.2 Å². The van der Waals surface area contributed by atoms with Crippen molar-refractivity contribution < 1.29 is 14.6 Å². The fraction of sp³-hybridized carbons (Fsp3) is 0.185. The van der Waals surface area contributed by atoms with Crippen LogP contribution in [0.1, 0.15) is 42.3 Å². The van der Waals surface area contributed by atoms with Gasteiger partial charge in [-0.05, 0) is 62.7 Å². The topological polar surface area (TPSA) is 62.1 Å². The molecule has 0 aliphatic carbocycles. The molecular weight excluding hydrogens is 400 g/mol. The van der Waals surface area contributed by atoms with Crippen LogP contribution in [0.15, 0.2) is 89.9 Å². The van der Waals surface area contributed by atoms with E-state index in [9.17, 15) is 4.79 Å². The highest BCUT2D eigenvalue weighted by Gasteiger charge is 2.13. The van der Waals surface area contributed by atoms with Crippen molar-refractivity contribution in [2.24, 2.45) is 4.99 Å². The molecular formula is C27H28N2O3. The van der Waals surface area contributed by atoms with Gasteiger partial charge in [0, 0.05) is 17.8 Å². The van der Waals surface area contributed by atoms with Gasteiger partial charge >= 0.3 is 5.97 Å². The maximum absolute atomic E-state index is 11.1. The van der Waals surface area contributed by atoms with E-state index in [0.717, 1.165) is 35.0 Å². The summed E-state index contributed by atoms with van der Waals surface area (Å²) in [7, 11) is 0. The van der Waals surface area contributed by atoms with Crippen molar-refractivity contribution in [2.75, 3.05) is 6.54 Å². The van der Waals surface area contributed by atoms with E-state index in [1.54, 1.807) is 24.3 Å². The SMILES string of the molecule is C/C=C(/c1cccc(OCc2ccccc2)c1)N(CC)C(C)=Nc1ccc(C(=O)O)cc1. The van der Waals surface area contributed by atoms with Crippen LogP contribution in [0.3, 0.4) is 0 Å². The number of carbonyl (C=O) groups is 1. The van der Waals surface area contributed by atoms with Crippen LogP contribution in [-0.2, 0) is 6.61 Å². The van der Waals surface area contributed by atoms with Crippen LogP contribution < -0.4 is 4.74 Å². The first-order chi connectivity index (χ1) is 15.5. The van der Waals surface area contributed by atoms with E-state index in [0.29, 0.717) is 12.3 Å². The summed E-state index contributed by atoms with van der Waals surface area (Å²) in [4.78, 5) is 17.9.